The molecule has 0 spiro atoms. The lowest BCUT2D eigenvalue weighted by Gasteiger charge is -2.35. The van der Waals surface area contributed by atoms with Gasteiger partial charge >= 0.3 is 0 Å². The number of rotatable bonds is 5. The van der Waals surface area contributed by atoms with Crippen molar-refractivity contribution < 1.29 is 4.39 Å². The van der Waals surface area contributed by atoms with Crippen LogP contribution in [0.1, 0.15) is 44.6 Å². The molecule has 94 valence electrons. The fourth-order valence-electron chi connectivity index (χ4n) is 2.47. The largest absolute Gasteiger partial charge is 0.314 e. The molecule has 1 saturated carbocycles. The molecule has 0 radical (unpaired) electrons. The van der Waals surface area contributed by atoms with Crippen molar-refractivity contribution in [3.05, 3.63) is 35.6 Å². The summed E-state index contributed by atoms with van der Waals surface area (Å²) in [5.41, 5.74) is 1.28. The lowest BCUT2D eigenvalue weighted by molar-refractivity contribution is 0.252. The Hall–Kier alpha value is -0.890. The third-order valence-electron chi connectivity index (χ3n) is 3.76. The van der Waals surface area contributed by atoms with Gasteiger partial charge in [-0.3, -0.25) is 0 Å². The first-order valence-corrected chi connectivity index (χ1v) is 6.65. The molecule has 1 atom stereocenters. The van der Waals surface area contributed by atoms with E-state index in [2.05, 4.69) is 19.2 Å². The predicted octanol–water partition coefficient (Wildman–Crippen LogP) is 3.71. The maximum Gasteiger partial charge on any atom is 0.123 e. The molecule has 1 unspecified atom stereocenters. The number of benzene rings is 1. The first kappa shape index (κ1) is 12.6. The Kier molecular flexibility index (Phi) is 4.16. The van der Waals surface area contributed by atoms with Crippen LogP contribution < -0.4 is 5.32 Å². The number of halogens is 1. The third kappa shape index (κ3) is 3.29. The van der Waals surface area contributed by atoms with Crippen LogP contribution in [0.2, 0.25) is 0 Å². The molecule has 1 aromatic carbocycles. The van der Waals surface area contributed by atoms with Gasteiger partial charge in [0, 0.05) is 12.6 Å². The van der Waals surface area contributed by atoms with E-state index in [0.29, 0.717) is 12.0 Å². The van der Waals surface area contributed by atoms with E-state index in [9.17, 15) is 4.39 Å². The normalized spacial score (nSPS) is 18.1. The minimum absolute atomic E-state index is 0.141. The summed E-state index contributed by atoms with van der Waals surface area (Å²) in [6.07, 6.45) is 3.99. The van der Waals surface area contributed by atoms with E-state index in [4.69, 9.17) is 0 Å². The Balaban J connectivity index is 2.05. The van der Waals surface area contributed by atoms with E-state index in [0.717, 1.165) is 12.5 Å². The highest BCUT2D eigenvalue weighted by atomic mass is 19.1. The van der Waals surface area contributed by atoms with E-state index in [1.807, 2.05) is 12.1 Å². The molecule has 0 aromatic heterocycles. The van der Waals surface area contributed by atoms with Crippen molar-refractivity contribution in [2.75, 3.05) is 6.54 Å². The molecule has 0 aliphatic heterocycles. The lowest BCUT2D eigenvalue weighted by Crippen LogP contribution is -2.33. The maximum absolute atomic E-state index is 12.9. The monoisotopic (exact) mass is 235 g/mol. The van der Waals surface area contributed by atoms with Gasteiger partial charge in [0.15, 0.2) is 0 Å². The highest BCUT2D eigenvalue weighted by molar-refractivity contribution is 5.22. The van der Waals surface area contributed by atoms with Gasteiger partial charge in [0.05, 0.1) is 0 Å². The molecule has 0 amide bonds. The molecule has 1 aromatic rings. The van der Waals surface area contributed by atoms with E-state index < -0.39 is 0 Å². The van der Waals surface area contributed by atoms with Crippen LogP contribution in [0, 0.1) is 11.7 Å². The van der Waals surface area contributed by atoms with Crippen molar-refractivity contribution in [2.45, 2.75) is 45.1 Å². The Morgan fingerprint density at radius 3 is 2.35 bits per heavy atom. The number of hydrogen-bond acceptors (Lipinski definition) is 1. The lowest BCUT2D eigenvalue weighted by atomic mass is 9.73. The van der Waals surface area contributed by atoms with Gasteiger partial charge in [0.25, 0.3) is 0 Å². The fraction of sp³-hybridized carbons (Fsp3) is 0.600. The summed E-state index contributed by atoms with van der Waals surface area (Å²) >= 11 is 0. The maximum atomic E-state index is 12.9. The smallest absolute Gasteiger partial charge is 0.123 e. The molecule has 0 saturated heterocycles. The van der Waals surface area contributed by atoms with Gasteiger partial charge in [0.1, 0.15) is 5.82 Å². The quantitative estimate of drug-likeness (QED) is 0.820. The zero-order valence-electron chi connectivity index (χ0n) is 10.7. The molecule has 0 heterocycles. The highest BCUT2D eigenvalue weighted by Gasteiger charge is 2.28. The number of hydrogen-bond donors (Lipinski definition) is 1. The van der Waals surface area contributed by atoms with Gasteiger partial charge in [-0.05, 0) is 42.4 Å². The predicted molar refractivity (Wildman–Crippen MR) is 69.6 cm³/mol. The van der Waals surface area contributed by atoms with Crippen molar-refractivity contribution in [3.8, 4) is 0 Å². The molecular weight excluding hydrogens is 213 g/mol. The Morgan fingerprint density at radius 2 is 1.88 bits per heavy atom. The van der Waals surface area contributed by atoms with Crippen molar-refractivity contribution in [1.29, 1.82) is 0 Å². The molecular formula is C15H22FN. The Morgan fingerprint density at radius 1 is 1.24 bits per heavy atom. The Bertz CT molecular complexity index is 340. The van der Waals surface area contributed by atoms with E-state index >= 15 is 0 Å². The van der Waals surface area contributed by atoms with Crippen LogP contribution in [0.3, 0.4) is 0 Å². The standard InChI is InChI=1S/C15H22FN/c1-11(2)17-10-15(12-4-3-5-12)13-6-8-14(16)9-7-13/h6-9,11-12,15,17H,3-5,10H2,1-2H3. The SMILES string of the molecule is CC(C)NCC(c1ccc(F)cc1)C1CCC1. The van der Waals surface area contributed by atoms with Crippen molar-refractivity contribution in [1.82, 2.24) is 5.32 Å². The topological polar surface area (TPSA) is 12.0 Å². The van der Waals surface area contributed by atoms with Crippen LogP contribution >= 0.6 is 0 Å². The van der Waals surface area contributed by atoms with Gasteiger partial charge < -0.3 is 5.32 Å². The molecule has 2 rings (SSSR count). The van der Waals surface area contributed by atoms with Crippen LogP contribution in [0.25, 0.3) is 0 Å². The summed E-state index contributed by atoms with van der Waals surface area (Å²) in [5, 5.41) is 3.51. The van der Waals surface area contributed by atoms with Gasteiger partial charge in [-0.1, -0.05) is 32.4 Å². The Labute approximate surface area is 103 Å². The summed E-state index contributed by atoms with van der Waals surface area (Å²) in [6, 6.07) is 7.56. The zero-order valence-corrected chi connectivity index (χ0v) is 10.7. The van der Waals surface area contributed by atoms with E-state index in [-0.39, 0.29) is 5.82 Å². The second kappa shape index (κ2) is 5.63. The molecule has 2 heteroatoms. The molecule has 1 aliphatic rings. The molecule has 1 aliphatic carbocycles. The molecule has 1 N–H and O–H groups in total. The van der Waals surface area contributed by atoms with Crippen molar-refractivity contribution in [2.24, 2.45) is 5.92 Å². The van der Waals surface area contributed by atoms with Gasteiger partial charge in [-0.2, -0.15) is 0 Å². The van der Waals surface area contributed by atoms with Gasteiger partial charge in [-0.25, -0.2) is 4.39 Å². The summed E-state index contributed by atoms with van der Waals surface area (Å²) in [7, 11) is 0. The van der Waals surface area contributed by atoms with Gasteiger partial charge in [0.2, 0.25) is 0 Å². The minimum Gasteiger partial charge on any atom is -0.314 e. The van der Waals surface area contributed by atoms with Crippen molar-refractivity contribution in [3.63, 3.8) is 0 Å². The molecule has 1 nitrogen and oxygen atoms in total. The van der Waals surface area contributed by atoms with E-state index in [1.54, 1.807) is 12.1 Å². The zero-order chi connectivity index (χ0) is 12.3. The van der Waals surface area contributed by atoms with Crippen LogP contribution in [-0.4, -0.2) is 12.6 Å². The average Bonchev–Trinajstić information content (AvgIpc) is 2.22. The molecule has 1 fully saturated rings. The summed E-state index contributed by atoms with van der Waals surface area (Å²) in [6.45, 7) is 5.35. The van der Waals surface area contributed by atoms with Crippen LogP contribution in [-0.2, 0) is 0 Å². The number of nitrogens with one attached hydrogen (secondary N) is 1. The van der Waals surface area contributed by atoms with Crippen LogP contribution in [0.4, 0.5) is 4.39 Å². The second-order valence-corrected chi connectivity index (χ2v) is 5.41. The highest BCUT2D eigenvalue weighted by Crippen LogP contribution is 2.39. The third-order valence-corrected chi connectivity index (χ3v) is 3.76. The fourth-order valence-corrected chi connectivity index (χ4v) is 2.47. The molecule has 0 bridgehead atoms. The minimum atomic E-state index is -0.141. The first-order valence-electron chi connectivity index (χ1n) is 6.65. The van der Waals surface area contributed by atoms with E-state index in [1.165, 1.54) is 24.8 Å². The van der Waals surface area contributed by atoms with Crippen molar-refractivity contribution >= 4 is 0 Å². The molecule has 17 heavy (non-hydrogen) atoms. The first-order chi connectivity index (χ1) is 8.16. The summed E-state index contributed by atoms with van der Waals surface area (Å²) in [5.74, 6) is 1.19. The van der Waals surface area contributed by atoms with Gasteiger partial charge in [-0.15, -0.1) is 0 Å². The average molecular weight is 235 g/mol. The van der Waals surface area contributed by atoms with Crippen LogP contribution in [0.5, 0.6) is 0 Å². The summed E-state index contributed by atoms with van der Waals surface area (Å²) < 4.78 is 12.9. The summed E-state index contributed by atoms with van der Waals surface area (Å²) in [4.78, 5) is 0. The second-order valence-electron chi connectivity index (χ2n) is 5.41. The van der Waals surface area contributed by atoms with Crippen LogP contribution in [0.15, 0.2) is 24.3 Å².